The maximum atomic E-state index is 11.3. The number of rotatable bonds is 2. The Morgan fingerprint density at radius 3 is 1.90 bits per heavy atom. The second kappa shape index (κ2) is 2.59. The summed E-state index contributed by atoms with van der Waals surface area (Å²) in [4.78, 5) is 18.9. The lowest BCUT2D eigenvalue weighted by atomic mass is 10.2. The minimum Gasteiger partial charge on any atom is -0.507 e. The summed E-state index contributed by atoms with van der Waals surface area (Å²) >= 11 is 0. The summed E-state index contributed by atoms with van der Waals surface area (Å²) < 4.78 is 33.8. The van der Waals surface area contributed by atoms with E-state index in [1.54, 1.807) is 0 Å². The first kappa shape index (κ1) is 8.80. The Kier molecular flexibility index (Phi) is 2.28. The van der Waals surface area contributed by atoms with Gasteiger partial charge < -0.3 is 9.90 Å². The maximum absolute atomic E-state index is 11.3. The summed E-state index contributed by atoms with van der Waals surface area (Å²) in [5.41, 5.74) is 0. The Morgan fingerprint density at radius 1 is 1.50 bits per heavy atom. The lowest BCUT2D eigenvalue weighted by molar-refractivity contribution is -0.307. The van der Waals surface area contributed by atoms with Crippen LogP contribution in [0, 0.1) is 5.92 Å². The molecule has 0 heterocycles. The summed E-state index contributed by atoms with van der Waals surface area (Å²) in [6, 6.07) is 0. The molecular weight excluding hydrogens is 153 g/mol. The molecule has 56 valence electrons. The molecule has 0 radical (unpaired) electrons. The van der Waals surface area contributed by atoms with E-state index in [9.17, 15) is 27.9 Å². The monoisotopic (exact) mass is 154 g/mol. The van der Waals surface area contributed by atoms with Crippen LogP contribution < -0.4 is 5.11 Å². The van der Waals surface area contributed by atoms with Crippen molar-refractivity contribution < 1.29 is 27.9 Å². The standard InChI is InChI=1S/C4HF3O3/c5-4(6,7)2(1-8)3(9)10/h1H. The Balaban J connectivity index is 4.36. The molecule has 0 aliphatic carbocycles. The van der Waals surface area contributed by atoms with Crippen LogP contribution in [0.5, 0.6) is 0 Å². The van der Waals surface area contributed by atoms with Gasteiger partial charge in [0.2, 0.25) is 0 Å². The van der Waals surface area contributed by atoms with Crippen LogP contribution in [0.15, 0.2) is 0 Å². The molecule has 0 aromatic carbocycles. The zero-order valence-corrected chi connectivity index (χ0v) is 4.44. The number of hydrogen-bond acceptors (Lipinski definition) is 3. The van der Waals surface area contributed by atoms with E-state index in [2.05, 4.69) is 0 Å². The van der Waals surface area contributed by atoms with Crippen LogP contribution in [0.4, 0.5) is 13.2 Å². The van der Waals surface area contributed by atoms with E-state index in [0.29, 0.717) is 0 Å². The van der Waals surface area contributed by atoms with Crippen LogP contribution in [0.3, 0.4) is 0 Å². The third-order valence-corrected chi connectivity index (χ3v) is 0.643. The van der Waals surface area contributed by atoms with Gasteiger partial charge in [-0.05, 0) is 0 Å². The van der Waals surface area contributed by atoms with Crippen molar-refractivity contribution in [1.82, 2.24) is 0 Å². The SMILES string of the molecule is O=C[C+](C(=O)[O-])C(F)(F)F. The molecule has 0 rings (SSSR count). The van der Waals surface area contributed by atoms with Gasteiger partial charge >= 0.3 is 18.4 Å². The molecule has 0 aromatic heterocycles. The fourth-order valence-electron chi connectivity index (χ4n) is 0.231. The number of carbonyl (C=O) groups excluding carboxylic acids is 2. The summed E-state index contributed by atoms with van der Waals surface area (Å²) in [6.45, 7) is 0. The predicted octanol–water partition coefficient (Wildman–Crippen LogP) is -0.928. The van der Waals surface area contributed by atoms with E-state index < -0.39 is 24.3 Å². The first-order valence-corrected chi connectivity index (χ1v) is 2.00. The van der Waals surface area contributed by atoms with Crippen molar-refractivity contribution >= 4 is 12.3 Å². The van der Waals surface area contributed by atoms with Crippen LogP contribution in [-0.2, 0) is 9.59 Å². The number of halogens is 3. The third kappa shape index (κ3) is 1.96. The smallest absolute Gasteiger partial charge is 0.507 e. The van der Waals surface area contributed by atoms with Crippen LogP contribution in [-0.4, -0.2) is 18.4 Å². The van der Waals surface area contributed by atoms with Crippen molar-refractivity contribution in [2.75, 3.05) is 0 Å². The number of carbonyl (C=O) groups is 2. The fourth-order valence-corrected chi connectivity index (χ4v) is 0.231. The Labute approximate surface area is 53.4 Å². The Bertz CT molecular complexity index is 150. The van der Waals surface area contributed by atoms with Crippen LogP contribution >= 0.6 is 0 Å². The normalized spacial score (nSPS) is 10.7. The van der Waals surface area contributed by atoms with Gasteiger partial charge in [0.15, 0.2) is 0 Å². The first-order chi connectivity index (χ1) is 4.39. The number of carboxylic acids is 1. The van der Waals surface area contributed by atoms with Crippen LogP contribution in [0.1, 0.15) is 0 Å². The Hall–Kier alpha value is -1.20. The Morgan fingerprint density at radius 2 is 1.90 bits per heavy atom. The van der Waals surface area contributed by atoms with E-state index in [1.165, 1.54) is 0 Å². The molecule has 0 bridgehead atoms. The highest BCUT2D eigenvalue weighted by Crippen LogP contribution is 2.25. The minimum absolute atomic E-state index is 0.796. The first-order valence-electron chi connectivity index (χ1n) is 2.00. The number of aliphatic carboxylic acids is 1. The number of aldehydes is 1. The average molecular weight is 154 g/mol. The van der Waals surface area contributed by atoms with Crippen molar-refractivity contribution in [1.29, 1.82) is 0 Å². The topological polar surface area (TPSA) is 57.2 Å². The van der Waals surface area contributed by atoms with Crippen molar-refractivity contribution in [3.8, 4) is 0 Å². The molecule has 0 unspecified atom stereocenters. The second-order valence-electron chi connectivity index (χ2n) is 1.32. The molecule has 0 amide bonds. The minimum atomic E-state index is -5.12. The van der Waals surface area contributed by atoms with Crippen molar-refractivity contribution in [2.45, 2.75) is 6.18 Å². The third-order valence-electron chi connectivity index (χ3n) is 0.643. The van der Waals surface area contributed by atoms with Gasteiger partial charge in [-0.1, -0.05) is 0 Å². The molecule has 0 aromatic rings. The molecule has 0 aliphatic rings. The molecule has 0 spiro atoms. The molecule has 0 saturated carbocycles. The molecule has 0 saturated heterocycles. The average Bonchev–Trinajstić information content (AvgIpc) is 1.60. The van der Waals surface area contributed by atoms with E-state index >= 15 is 0 Å². The van der Waals surface area contributed by atoms with Crippen molar-refractivity contribution in [2.24, 2.45) is 0 Å². The zero-order valence-electron chi connectivity index (χ0n) is 4.44. The van der Waals surface area contributed by atoms with Gasteiger partial charge in [0.05, 0.1) is 0 Å². The van der Waals surface area contributed by atoms with Gasteiger partial charge in [-0.2, -0.15) is 0 Å². The summed E-state index contributed by atoms with van der Waals surface area (Å²) in [7, 11) is 0. The van der Waals surface area contributed by atoms with Crippen LogP contribution in [0.25, 0.3) is 0 Å². The highest BCUT2D eigenvalue weighted by Gasteiger charge is 2.55. The van der Waals surface area contributed by atoms with Gasteiger partial charge in [0, 0.05) is 0 Å². The lowest BCUT2D eigenvalue weighted by Gasteiger charge is -2.00. The summed E-state index contributed by atoms with van der Waals surface area (Å²) in [5, 5.41) is 9.48. The lowest BCUT2D eigenvalue weighted by Crippen LogP contribution is -2.39. The summed E-state index contributed by atoms with van der Waals surface area (Å²) in [6.07, 6.45) is -5.92. The van der Waals surface area contributed by atoms with Crippen LogP contribution in [0.2, 0.25) is 0 Å². The fraction of sp³-hybridized carbons (Fsp3) is 0.250. The highest BCUT2D eigenvalue weighted by atomic mass is 19.4. The van der Waals surface area contributed by atoms with Crippen molar-refractivity contribution in [3.05, 3.63) is 5.92 Å². The van der Waals surface area contributed by atoms with Gasteiger partial charge in [-0.3, -0.25) is 0 Å². The van der Waals surface area contributed by atoms with E-state index in [1.807, 2.05) is 0 Å². The number of carboxylic acid groups (broad SMARTS) is 1. The highest BCUT2D eigenvalue weighted by molar-refractivity contribution is 6.02. The predicted molar refractivity (Wildman–Crippen MR) is 20.4 cm³/mol. The van der Waals surface area contributed by atoms with Gasteiger partial charge in [-0.15, -0.1) is 13.2 Å². The molecule has 10 heavy (non-hydrogen) atoms. The maximum Gasteiger partial charge on any atom is 0.567 e. The molecular formula is C4HF3O3. The number of alkyl halides is 3. The van der Waals surface area contributed by atoms with E-state index in [4.69, 9.17) is 0 Å². The van der Waals surface area contributed by atoms with Gasteiger partial charge in [-0.25, -0.2) is 4.79 Å². The molecule has 6 heteroatoms. The van der Waals surface area contributed by atoms with Gasteiger partial charge in [0.1, 0.15) is 0 Å². The van der Waals surface area contributed by atoms with Gasteiger partial charge in [0.25, 0.3) is 5.97 Å². The molecule has 0 aliphatic heterocycles. The quantitative estimate of drug-likeness (QED) is 0.293. The second-order valence-corrected chi connectivity index (χ2v) is 1.32. The molecule has 0 atom stereocenters. The zero-order chi connectivity index (χ0) is 8.36. The molecule has 0 N–H and O–H groups in total. The van der Waals surface area contributed by atoms with E-state index in [-0.39, 0.29) is 0 Å². The van der Waals surface area contributed by atoms with E-state index in [0.717, 1.165) is 0 Å². The molecule has 0 fully saturated rings. The molecule has 3 nitrogen and oxygen atoms in total. The summed E-state index contributed by atoms with van der Waals surface area (Å²) in [5.74, 6) is -4.71. The number of hydrogen-bond donors (Lipinski definition) is 0. The largest absolute Gasteiger partial charge is 0.567 e. The van der Waals surface area contributed by atoms with Crippen molar-refractivity contribution in [3.63, 3.8) is 0 Å².